The summed E-state index contributed by atoms with van der Waals surface area (Å²) in [4.78, 5) is 15.8. The van der Waals surface area contributed by atoms with Crippen LogP contribution in [0, 0.1) is 6.92 Å². The van der Waals surface area contributed by atoms with Crippen LogP contribution < -0.4 is 10.6 Å². The molecule has 0 spiro atoms. The van der Waals surface area contributed by atoms with E-state index in [1.807, 2.05) is 31.3 Å². The Hall–Kier alpha value is -2.14. The lowest BCUT2D eigenvalue weighted by Crippen LogP contribution is -2.18. The van der Waals surface area contributed by atoms with Gasteiger partial charge in [-0.15, -0.1) is 0 Å². The number of amides is 1. The van der Waals surface area contributed by atoms with Crippen LogP contribution in [0.3, 0.4) is 0 Å². The van der Waals surface area contributed by atoms with Crippen LogP contribution in [0.5, 0.6) is 0 Å². The molecule has 1 amide bonds. The average Bonchev–Trinajstić information content (AvgIpc) is 2.84. The normalized spacial score (nSPS) is 10.4. The molecule has 0 aliphatic rings. The van der Waals surface area contributed by atoms with E-state index in [1.54, 1.807) is 13.2 Å². The van der Waals surface area contributed by atoms with Gasteiger partial charge in [-0.25, -0.2) is 4.98 Å². The van der Waals surface area contributed by atoms with E-state index >= 15 is 0 Å². The third kappa shape index (κ3) is 3.66. The van der Waals surface area contributed by atoms with E-state index in [4.69, 9.17) is 4.42 Å². The first kappa shape index (κ1) is 13.3. The summed E-state index contributed by atoms with van der Waals surface area (Å²) in [6, 6.07) is 7.53. The lowest BCUT2D eigenvalue weighted by molar-refractivity contribution is -0.116. The van der Waals surface area contributed by atoms with Crippen molar-refractivity contribution in [2.75, 3.05) is 18.9 Å². The minimum absolute atomic E-state index is 0.000574. The number of nitrogens with zero attached hydrogens (tertiary/aromatic N) is 1. The van der Waals surface area contributed by atoms with E-state index in [1.165, 1.54) is 0 Å². The summed E-state index contributed by atoms with van der Waals surface area (Å²) < 4.78 is 5.17. The van der Waals surface area contributed by atoms with Crippen molar-refractivity contribution in [3.8, 4) is 11.3 Å². The number of carbonyl (C=O) groups excluding carboxylic acids is 1. The van der Waals surface area contributed by atoms with Crippen LogP contribution >= 0.6 is 0 Å². The average molecular weight is 259 g/mol. The monoisotopic (exact) mass is 259 g/mol. The van der Waals surface area contributed by atoms with Gasteiger partial charge >= 0.3 is 0 Å². The molecule has 5 heteroatoms. The molecule has 1 heterocycles. The number of rotatable bonds is 5. The van der Waals surface area contributed by atoms with Crippen LogP contribution in [0.15, 0.2) is 34.9 Å². The van der Waals surface area contributed by atoms with Crippen LogP contribution in [-0.2, 0) is 4.79 Å². The molecule has 5 nitrogen and oxygen atoms in total. The third-order valence-corrected chi connectivity index (χ3v) is 2.69. The molecule has 0 aliphatic carbocycles. The molecule has 2 rings (SSSR count). The molecule has 1 aromatic carbocycles. The Morgan fingerprint density at radius 2 is 2.05 bits per heavy atom. The van der Waals surface area contributed by atoms with Crippen molar-refractivity contribution in [3.63, 3.8) is 0 Å². The molecule has 0 saturated carbocycles. The van der Waals surface area contributed by atoms with Crippen molar-refractivity contribution < 1.29 is 9.21 Å². The van der Waals surface area contributed by atoms with Gasteiger partial charge in [-0.2, -0.15) is 0 Å². The number of anilines is 1. The highest BCUT2D eigenvalue weighted by atomic mass is 16.3. The zero-order chi connectivity index (χ0) is 13.7. The van der Waals surface area contributed by atoms with E-state index in [2.05, 4.69) is 15.6 Å². The fourth-order valence-electron chi connectivity index (χ4n) is 1.68. The fraction of sp³-hybridized carbons (Fsp3) is 0.286. The van der Waals surface area contributed by atoms with Crippen LogP contribution in [0.2, 0.25) is 0 Å². The molecular formula is C14H17N3O2. The van der Waals surface area contributed by atoms with Crippen LogP contribution in [-0.4, -0.2) is 24.5 Å². The van der Waals surface area contributed by atoms with E-state index < -0.39 is 0 Å². The Labute approximate surface area is 112 Å². The summed E-state index contributed by atoms with van der Waals surface area (Å²) in [5.74, 6) is 0.638. The number of aromatic nitrogens is 1. The highest BCUT2D eigenvalue weighted by Crippen LogP contribution is 2.20. The first-order valence-electron chi connectivity index (χ1n) is 6.16. The van der Waals surface area contributed by atoms with Crippen molar-refractivity contribution in [3.05, 3.63) is 36.4 Å². The molecule has 0 fully saturated rings. The smallest absolute Gasteiger partial charge is 0.225 e. The zero-order valence-corrected chi connectivity index (χ0v) is 11.1. The van der Waals surface area contributed by atoms with Crippen molar-refractivity contribution in [1.82, 2.24) is 10.3 Å². The maximum absolute atomic E-state index is 11.6. The molecule has 2 N–H and O–H groups in total. The number of nitrogens with one attached hydrogen (secondary N) is 2. The minimum atomic E-state index is -0.000574. The maximum atomic E-state index is 11.6. The topological polar surface area (TPSA) is 67.2 Å². The molecule has 100 valence electrons. The number of hydrogen-bond donors (Lipinski definition) is 2. The second-order valence-electron chi connectivity index (χ2n) is 4.23. The number of aryl methyl sites for hydroxylation is 1. The molecule has 1 aromatic heterocycles. The third-order valence-electron chi connectivity index (χ3n) is 2.69. The minimum Gasteiger partial charge on any atom is -0.449 e. The van der Waals surface area contributed by atoms with Crippen LogP contribution in [0.4, 0.5) is 5.69 Å². The molecule has 0 aliphatic heterocycles. The quantitative estimate of drug-likeness (QED) is 0.863. The molecular weight excluding hydrogens is 242 g/mol. The largest absolute Gasteiger partial charge is 0.449 e. The highest BCUT2D eigenvalue weighted by molar-refractivity contribution is 5.91. The molecule has 0 atom stereocenters. The number of benzene rings is 1. The van der Waals surface area contributed by atoms with Crippen molar-refractivity contribution in [1.29, 1.82) is 0 Å². The van der Waals surface area contributed by atoms with E-state index in [0.29, 0.717) is 18.9 Å². The molecule has 0 radical (unpaired) electrons. The van der Waals surface area contributed by atoms with Gasteiger partial charge in [-0.05, 0) is 19.2 Å². The van der Waals surface area contributed by atoms with E-state index in [0.717, 1.165) is 16.9 Å². The molecule has 19 heavy (non-hydrogen) atoms. The summed E-state index contributed by atoms with van der Waals surface area (Å²) in [6.45, 7) is 2.47. The fourth-order valence-corrected chi connectivity index (χ4v) is 1.68. The van der Waals surface area contributed by atoms with Gasteiger partial charge in [-0.3, -0.25) is 4.79 Å². The Bertz CT molecular complexity index is 546. The van der Waals surface area contributed by atoms with E-state index in [9.17, 15) is 4.79 Å². The summed E-state index contributed by atoms with van der Waals surface area (Å²) in [7, 11) is 1.82. The maximum Gasteiger partial charge on any atom is 0.225 e. The summed E-state index contributed by atoms with van der Waals surface area (Å²) in [5.41, 5.74) is 2.54. The Kier molecular flexibility index (Phi) is 4.30. The van der Waals surface area contributed by atoms with E-state index in [-0.39, 0.29) is 5.91 Å². The SMILES string of the molecule is CNCCC(=O)Nc1ccc(-c2coc(C)n2)cc1. The van der Waals surface area contributed by atoms with Crippen molar-refractivity contribution >= 4 is 11.6 Å². The highest BCUT2D eigenvalue weighted by Gasteiger charge is 2.05. The van der Waals surface area contributed by atoms with Crippen LogP contribution in [0.25, 0.3) is 11.3 Å². The molecule has 0 bridgehead atoms. The summed E-state index contributed by atoms with van der Waals surface area (Å²) >= 11 is 0. The second-order valence-corrected chi connectivity index (χ2v) is 4.23. The number of hydrogen-bond acceptors (Lipinski definition) is 4. The van der Waals surface area contributed by atoms with Gasteiger partial charge in [0.1, 0.15) is 12.0 Å². The van der Waals surface area contributed by atoms with Crippen molar-refractivity contribution in [2.45, 2.75) is 13.3 Å². The van der Waals surface area contributed by atoms with Crippen molar-refractivity contribution in [2.24, 2.45) is 0 Å². The molecule has 0 unspecified atom stereocenters. The molecule has 0 saturated heterocycles. The predicted molar refractivity (Wildman–Crippen MR) is 73.8 cm³/mol. The van der Waals surface area contributed by atoms with Gasteiger partial charge in [0.2, 0.25) is 5.91 Å². The Morgan fingerprint density at radius 1 is 1.32 bits per heavy atom. The van der Waals surface area contributed by atoms with Gasteiger partial charge in [-0.1, -0.05) is 12.1 Å². The Balaban J connectivity index is 2.00. The second kappa shape index (κ2) is 6.15. The van der Waals surface area contributed by atoms with Gasteiger partial charge in [0.05, 0.1) is 0 Å². The lowest BCUT2D eigenvalue weighted by Gasteiger charge is -2.05. The molecule has 2 aromatic rings. The summed E-state index contributed by atoms with van der Waals surface area (Å²) in [5, 5.41) is 5.78. The first-order chi connectivity index (χ1) is 9.19. The number of carbonyl (C=O) groups is 1. The summed E-state index contributed by atoms with van der Waals surface area (Å²) in [6.07, 6.45) is 2.08. The zero-order valence-electron chi connectivity index (χ0n) is 11.1. The predicted octanol–water partition coefficient (Wildman–Crippen LogP) is 2.20. The standard InChI is InChI=1S/C14H17N3O2/c1-10-16-13(9-19-10)11-3-5-12(6-4-11)17-14(18)7-8-15-2/h3-6,9,15H,7-8H2,1-2H3,(H,17,18). The van der Waals surface area contributed by atoms with Gasteiger partial charge in [0.25, 0.3) is 0 Å². The first-order valence-corrected chi connectivity index (χ1v) is 6.16. The van der Waals surface area contributed by atoms with Crippen LogP contribution in [0.1, 0.15) is 12.3 Å². The van der Waals surface area contributed by atoms with Gasteiger partial charge in [0, 0.05) is 31.1 Å². The lowest BCUT2D eigenvalue weighted by atomic mass is 10.1. The van der Waals surface area contributed by atoms with Gasteiger partial charge < -0.3 is 15.1 Å². The number of oxazole rings is 1. The Morgan fingerprint density at radius 3 is 2.63 bits per heavy atom. The van der Waals surface area contributed by atoms with Gasteiger partial charge in [0.15, 0.2) is 5.89 Å².